The van der Waals surface area contributed by atoms with Gasteiger partial charge in [-0.15, -0.1) is 0 Å². The SMILES string of the molecule is CC(N)C1CCN(C(=O)COc2ccc(N3CCCC3=O)cc2)CC1. The number of carbonyl (C=O) groups excluding carboxylic acids is 2. The zero-order chi connectivity index (χ0) is 17.8. The summed E-state index contributed by atoms with van der Waals surface area (Å²) in [6, 6.07) is 7.57. The summed E-state index contributed by atoms with van der Waals surface area (Å²) >= 11 is 0. The van der Waals surface area contributed by atoms with Crippen LogP contribution in [0.3, 0.4) is 0 Å². The first-order chi connectivity index (χ1) is 12.0. The first-order valence-electron chi connectivity index (χ1n) is 9.11. The number of amides is 2. The first-order valence-corrected chi connectivity index (χ1v) is 9.11. The lowest BCUT2D eigenvalue weighted by molar-refractivity contribution is -0.134. The van der Waals surface area contributed by atoms with Crippen LogP contribution >= 0.6 is 0 Å². The van der Waals surface area contributed by atoms with E-state index in [0.29, 0.717) is 18.1 Å². The van der Waals surface area contributed by atoms with Gasteiger partial charge in [-0.3, -0.25) is 9.59 Å². The third kappa shape index (κ3) is 4.31. The van der Waals surface area contributed by atoms with E-state index in [1.54, 1.807) is 4.90 Å². The van der Waals surface area contributed by atoms with Gasteiger partial charge in [-0.2, -0.15) is 0 Å². The van der Waals surface area contributed by atoms with Crippen molar-refractivity contribution >= 4 is 17.5 Å². The van der Waals surface area contributed by atoms with Crippen LogP contribution in [0.25, 0.3) is 0 Å². The van der Waals surface area contributed by atoms with Crippen molar-refractivity contribution in [2.75, 3.05) is 31.1 Å². The smallest absolute Gasteiger partial charge is 0.260 e. The molecule has 0 radical (unpaired) electrons. The molecule has 3 rings (SSSR count). The summed E-state index contributed by atoms with van der Waals surface area (Å²) in [6.45, 7) is 4.36. The second-order valence-electron chi connectivity index (χ2n) is 7.01. The largest absolute Gasteiger partial charge is 0.484 e. The Morgan fingerprint density at radius 3 is 2.48 bits per heavy atom. The van der Waals surface area contributed by atoms with Gasteiger partial charge in [-0.25, -0.2) is 0 Å². The molecule has 6 heteroatoms. The minimum Gasteiger partial charge on any atom is -0.484 e. The lowest BCUT2D eigenvalue weighted by Gasteiger charge is -2.33. The Hall–Kier alpha value is -2.08. The number of benzene rings is 1. The maximum atomic E-state index is 12.3. The highest BCUT2D eigenvalue weighted by Crippen LogP contribution is 2.24. The highest BCUT2D eigenvalue weighted by atomic mass is 16.5. The van der Waals surface area contributed by atoms with Crippen molar-refractivity contribution in [3.05, 3.63) is 24.3 Å². The van der Waals surface area contributed by atoms with Crippen LogP contribution in [0.4, 0.5) is 5.69 Å². The van der Waals surface area contributed by atoms with Crippen molar-refractivity contribution in [2.45, 2.75) is 38.6 Å². The number of anilines is 1. The van der Waals surface area contributed by atoms with Gasteiger partial charge in [0.2, 0.25) is 5.91 Å². The van der Waals surface area contributed by atoms with Crippen LogP contribution in [0.2, 0.25) is 0 Å². The van der Waals surface area contributed by atoms with Gasteiger partial charge in [-0.1, -0.05) is 0 Å². The summed E-state index contributed by atoms with van der Waals surface area (Å²) < 4.78 is 5.62. The van der Waals surface area contributed by atoms with Crippen LogP contribution < -0.4 is 15.4 Å². The van der Waals surface area contributed by atoms with Gasteiger partial charge in [0.15, 0.2) is 6.61 Å². The van der Waals surface area contributed by atoms with Crippen molar-refractivity contribution in [2.24, 2.45) is 11.7 Å². The quantitative estimate of drug-likeness (QED) is 0.882. The maximum absolute atomic E-state index is 12.3. The molecule has 0 aromatic heterocycles. The molecule has 25 heavy (non-hydrogen) atoms. The number of hydrogen-bond donors (Lipinski definition) is 1. The molecule has 136 valence electrons. The van der Waals surface area contributed by atoms with Gasteiger partial charge in [0.25, 0.3) is 5.91 Å². The summed E-state index contributed by atoms with van der Waals surface area (Å²) in [7, 11) is 0. The van der Waals surface area contributed by atoms with Gasteiger partial charge >= 0.3 is 0 Å². The predicted octanol–water partition coefficient (Wildman–Crippen LogP) is 1.78. The molecule has 2 heterocycles. The van der Waals surface area contributed by atoms with Crippen molar-refractivity contribution < 1.29 is 14.3 Å². The number of ether oxygens (including phenoxy) is 1. The fraction of sp³-hybridized carbons (Fsp3) is 0.579. The van der Waals surface area contributed by atoms with Crippen LogP contribution in [0, 0.1) is 5.92 Å². The third-order valence-electron chi connectivity index (χ3n) is 5.22. The van der Waals surface area contributed by atoms with Crippen molar-refractivity contribution in [1.82, 2.24) is 4.90 Å². The molecule has 2 aliphatic rings. The highest BCUT2D eigenvalue weighted by molar-refractivity contribution is 5.95. The molecule has 2 N–H and O–H groups in total. The number of nitrogens with two attached hydrogens (primary N) is 1. The van der Waals surface area contributed by atoms with Crippen LogP contribution in [0.5, 0.6) is 5.75 Å². The van der Waals surface area contributed by atoms with Gasteiger partial charge < -0.3 is 20.3 Å². The van der Waals surface area contributed by atoms with Gasteiger partial charge in [0.1, 0.15) is 5.75 Å². The average Bonchev–Trinajstić information content (AvgIpc) is 3.06. The summed E-state index contributed by atoms with van der Waals surface area (Å²) in [4.78, 5) is 27.7. The van der Waals surface area contributed by atoms with E-state index in [4.69, 9.17) is 10.5 Å². The second-order valence-corrected chi connectivity index (χ2v) is 7.01. The minimum atomic E-state index is 0.0157. The second kappa shape index (κ2) is 7.87. The topological polar surface area (TPSA) is 75.9 Å². The zero-order valence-electron chi connectivity index (χ0n) is 14.8. The summed E-state index contributed by atoms with van der Waals surface area (Å²) in [5.41, 5.74) is 6.82. The molecule has 1 atom stereocenters. The highest BCUT2D eigenvalue weighted by Gasteiger charge is 2.25. The molecule has 2 fully saturated rings. The van der Waals surface area contributed by atoms with Gasteiger partial charge in [0, 0.05) is 37.8 Å². The Kier molecular flexibility index (Phi) is 5.58. The van der Waals surface area contributed by atoms with E-state index < -0.39 is 0 Å². The Balaban J connectivity index is 1.47. The minimum absolute atomic E-state index is 0.0157. The van der Waals surface area contributed by atoms with E-state index in [2.05, 4.69) is 0 Å². The molecule has 0 spiro atoms. The first kappa shape index (κ1) is 17.7. The Morgan fingerprint density at radius 1 is 1.24 bits per heavy atom. The molecule has 2 aliphatic heterocycles. The number of piperidine rings is 1. The van der Waals surface area contributed by atoms with E-state index in [-0.39, 0.29) is 24.5 Å². The van der Waals surface area contributed by atoms with Gasteiger partial charge in [-0.05, 0) is 56.4 Å². The van der Waals surface area contributed by atoms with E-state index in [9.17, 15) is 9.59 Å². The van der Waals surface area contributed by atoms with E-state index in [0.717, 1.165) is 44.6 Å². The Morgan fingerprint density at radius 2 is 1.92 bits per heavy atom. The van der Waals surface area contributed by atoms with Crippen LogP contribution in [0.1, 0.15) is 32.6 Å². The normalized spacial score (nSPS) is 20.0. The van der Waals surface area contributed by atoms with Crippen molar-refractivity contribution in [3.63, 3.8) is 0 Å². The molecule has 0 saturated carbocycles. The molecule has 1 aromatic rings. The molecule has 2 amide bonds. The number of hydrogen-bond acceptors (Lipinski definition) is 4. The zero-order valence-corrected chi connectivity index (χ0v) is 14.8. The molecule has 0 bridgehead atoms. The Bertz CT molecular complexity index is 607. The lowest BCUT2D eigenvalue weighted by Crippen LogP contribution is -2.44. The predicted molar refractivity (Wildman–Crippen MR) is 96.5 cm³/mol. The molecule has 1 aromatic carbocycles. The molecule has 1 unspecified atom stereocenters. The van der Waals surface area contributed by atoms with Crippen LogP contribution in [-0.4, -0.2) is 49.0 Å². The van der Waals surface area contributed by atoms with Crippen LogP contribution in [0.15, 0.2) is 24.3 Å². The number of rotatable bonds is 5. The molecule has 6 nitrogen and oxygen atoms in total. The fourth-order valence-electron chi connectivity index (χ4n) is 3.55. The monoisotopic (exact) mass is 345 g/mol. The summed E-state index contributed by atoms with van der Waals surface area (Å²) in [5, 5.41) is 0. The van der Waals surface area contributed by atoms with Crippen molar-refractivity contribution in [1.29, 1.82) is 0 Å². The average molecular weight is 345 g/mol. The molecular weight excluding hydrogens is 318 g/mol. The molecular formula is C19H27N3O3. The van der Waals surface area contributed by atoms with E-state index in [1.165, 1.54) is 0 Å². The van der Waals surface area contributed by atoms with Crippen molar-refractivity contribution in [3.8, 4) is 5.75 Å². The fourth-order valence-corrected chi connectivity index (χ4v) is 3.55. The maximum Gasteiger partial charge on any atom is 0.260 e. The number of carbonyl (C=O) groups is 2. The molecule has 0 aliphatic carbocycles. The number of likely N-dealkylation sites (tertiary alicyclic amines) is 1. The summed E-state index contributed by atoms with van der Waals surface area (Å²) in [6.07, 6.45) is 3.45. The summed E-state index contributed by atoms with van der Waals surface area (Å²) in [5.74, 6) is 1.33. The van der Waals surface area contributed by atoms with Crippen LogP contribution in [-0.2, 0) is 9.59 Å². The number of nitrogens with zero attached hydrogens (tertiary/aromatic N) is 2. The molecule has 2 saturated heterocycles. The van der Waals surface area contributed by atoms with E-state index in [1.807, 2.05) is 36.1 Å². The van der Waals surface area contributed by atoms with Gasteiger partial charge in [0.05, 0.1) is 0 Å². The Labute approximate surface area is 148 Å². The van der Waals surface area contributed by atoms with E-state index >= 15 is 0 Å². The standard InChI is InChI=1S/C19H27N3O3/c1-14(20)15-8-11-21(12-9-15)19(24)13-25-17-6-4-16(5-7-17)22-10-2-3-18(22)23/h4-7,14-15H,2-3,8-13,20H2,1H3. The third-order valence-corrected chi connectivity index (χ3v) is 5.22. The lowest BCUT2D eigenvalue weighted by atomic mass is 9.91.